The molecule has 6 heteroatoms. The Morgan fingerprint density at radius 2 is 1.10 bits per heavy atom. The van der Waals surface area contributed by atoms with Crippen LogP contribution in [0.4, 0.5) is 0 Å². The zero-order chi connectivity index (χ0) is 21.8. The second-order valence-corrected chi connectivity index (χ2v) is 10.5. The van der Waals surface area contributed by atoms with Gasteiger partial charge in [-0.2, -0.15) is 0 Å². The van der Waals surface area contributed by atoms with E-state index >= 15 is 0 Å². The van der Waals surface area contributed by atoms with Crippen molar-refractivity contribution in [2.45, 2.75) is 104 Å². The van der Waals surface area contributed by atoms with Crippen LogP contribution < -0.4 is 0 Å². The van der Waals surface area contributed by atoms with E-state index in [-0.39, 0.29) is 5.97 Å². The molecule has 0 aliphatic heterocycles. The Bertz CT molecular complexity index is 392. The summed E-state index contributed by atoms with van der Waals surface area (Å²) in [6.45, 7) is 14.3. The third-order valence-corrected chi connectivity index (χ3v) is 7.43. The van der Waals surface area contributed by atoms with E-state index < -0.39 is 8.80 Å². The number of carbonyl (C=O) groups excluding carboxylic acids is 1. The minimum absolute atomic E-state index is 0.279. The number of unbranched alkanes of at least 4 members (excludes halogenated alkanes) is 7. The third kappa shape index (κ3) is 15.8. The van der Waals surface area contributed by atoms with Crippen molar-refractivity contribution in [2.24, 2.45) is 0 Å². The number of hydrogen-bond donors (Lipinski definition) is 0. The van der Waals surface area contributed by atoms with Crippen molar-refractivity contribution in [2.75, 3.05) is 26.4 Å². The number of esters is 1. The van der Waals surface area contributed by atoms with E-state index in [2.05, 4.69) is 27.4 Å². The summed E-state index contributed by atoms with van der Waals surface area (Å²) in [5.74, 6) is -0.279. The van der Waals surface area contributed by atoms with Crippen LogP contribution in [0, 0.1) is 0 Å². The summed E-state index contributed by atoms with van der Waals surface area (Å²) < 4.78 is 23.6. The Morgan fingerprint density at radius 3 is 1.52 bits per heavy atom. The fourth-order valence-corrected chi connectivity index (χ4v) is 5.82. The van der Waals surface area contributed by atoms with Gasteiger partial charge in [-0.3, -0.25) is 0 Å². The summed E-state index contributed by atoms with van der Waals surface area (Å²) in [7, 11) is -2.51. The number of ether oxygens (including phenoxy) is 1. The molecule has 0 saturated carbocycles. The average Bonchev–Trinajstić information content (AvgIpc) is 2.72. The first kappa shape index (κ1) is 28.3. The highest BCUT2D eigenvalue weighted by Gasteiger charge is 2.40. The first-order valence-electron chi connectivity index (χ1n) is 11.8. The van der Waals surface area contributed by atoms with E-state index in [0.717, 1.165) is 64.4 Å². The van der Waals surface area contributed by atoms with Crippen molar-refractivity contribution in [3.63, 3.8) is 0 Å². The number of hydrogen-bond acceptors (Lipinski definition) is 5. The predicted molar refractivity (Wildman–Crippen MR) is 122 cm³/mol. The molecule has 0 heterocycles. The molecule has 0 aliphatic carbocycles. The van der Waals surface area contributed by atoms with Gasteiger partial charge >= 0.3 is 14.8 Å². The van der Waals surface area contributed by atoms with Crippen LogP contribution in [0.1, 0.15) is 98.3 Å². The molecule has 0 radical (unpaired) electrons. The molecule has 0 amide bonds. The van der Waals surface area contributed by atoms with Gasteiger partial charge in [-0.15, -0.1) is 0 Å². The van der Waals surface area contributed by atoms with Crippen LogP contribution in [-0.2, 0) is 22.8 Å². The Morgan fingerprint density at radius 1 is 0.690 bits per heavy atom. The minimum Gasteiger partial charge on any atom is -0.462 e. The molecular formula is C23H46O5Si. The van der Waals surface area contributed by atoms with Crippen molar-refractivity contribution in [3.8, 4) is 0 Å². The van der Waals surface area contributed by atoms with Crippen LogP contribution in [0.5, 0.6) is 0 Å². The summed E-state index contributed by atoms with van der Waals surface area (Å²) >= 11 is 0. The van der Waals surface area contributed by atoms with Crippen LogP contribution >= 0.6 is 0 Å². The van der Waals surface area contributed by atoms with Crippen molar-refractivity contribution in [3.05, 3.63) is 12.2 Å². The molecule has 0 fully saturated rings. The van der Waals surface area contributed by atoms with Gasteiger partial charge in [0.15, 0.2) is 0 Å². The molecule has 172 valence electrons. The fraction of sp³-hybridized carbons (Fsp3) is 0.870. The Labute approximate surface area is 180 Å². The summed E-state index contributed by atoms with van der Waals surface area (Å²) in [6.07, 6.45) is 12.3. The Hall–Kier alpha value is -0.693. The zero-order valence-corrected chi connectivity index (χ0v) is 20.6. The standard InChI is InChI=1S/C23H46O5Si/c1-6-17-26-29(27-18-7-2,28-19-8-3)21-16-14-12-10-9-11-13-15-20-25-23(24)22(4)5/h4,6-21H2,1-3,5H3. The molecule has 0 unspecified atom stereocenters. The maximum Gasteiger partial charge on any atom is 0.500 e. The van der Waals surface area contributed by atoms with E-state index in [1.165, 1.54) is 32.1 Å². The first-order valence-corrected chi connectivity index (χ1v) is 13.7. The van der Waals surface area contributed by atoms with Crippen molar-refractivity contribution in [1.29, 1.82) is 0 Å². The van der Waals surface area contributed by atoms with Crippen LogP contribution in [0.2, 0.25) is 6.04 Å². The highest BCUT2D eigenvalue weighted by molar-refractivity contribution is 6.60. The molecule has 0 atom stereocenters. The third-order valence-electron chi connectivity index (χ3n) is 4.54. The first-order chi connectivity index (χ1) is 14.0. The SMILES string of the molecule is C=C(C)C(=O)OCCCCCCCCCC[Si](OCCC)(OCCC)OCCC. The van der Waals surface area contributed by atoms with Crippen molar-refractivity contribution < 1.29 is 22.8 Å². The molecule has 0 aromatic carbocycles. The van der Waals surface area contributed by atoms with Gasteiger partial charge in [0.05, 0.1) is 6.61 Å². The second kappa shape index (κ2) is 19.3. The van der Waals surface area contributed by atoms with E-state index in [0.29, 0.717) is 12.2 Å². The van der Waals surface area contributed by atoms with Crippen molar-refractivity contribution in [1.82, 2.24) is 0 Å². The molecule has 0 saturated heterocycles. The second-order valence-electron chi connectivity index (χ2n) is 7.72. The Kier molecular flexibility index (Phi) is 18.8. The van der Waals surface area contributed by atoms with Gasteiger partial charge in [-0.05, 0) is 39.0 Å². The van der Waals surface area contributed by atoms with E-state index in [1.807, 2.05) is 0 Å². The van der Waals surface area contributed by atoms with Gasteiger partial charge in [0.25, 0.3) is 0 Å². The highest BCUT2D eigenvalue weighted by atomic mass is 28.4. The monoisotopic (exact) mass is 430 g/mol. The van der Waals surface area contributed by atoms with E-state index in [4.69, 9.17) is 18.0 Å². The lowest BCUT2D eigenvalue weighted by Crippen LogP contribution is -2.46. The van der Waals surface area contributed by atoms with Gasteiger partial charge in [-0.25, -0.2) is 4.79 Å². The summed E-state index contributed by atoms with van der Waals surface area (Å²) in [4.78, 5) is 11.3. The molecule has 0 aliphatic rings. The van der Waals surface area contributed by atoms with Gasteiger partial charge in [-0.1, -0.05) is 65.9 Å². The maximum atomic E-state index is 11.3. The van der Waals surface area contributed by atoms with Gasteiger partial charge < -0.3 is 18.0 Å². The molecule has 0 spiro atoms. The quantitative estimate of drug-likeness (QED) is 0.0907. The fourth-order valence-electron chi connectivity index (χ4n) is 2.91. The Balaban J connectivity index is 3.92. The molecular weight excluding hydrogens is 384 g/mol. The molecule has 0 rings (SSSR count). The molecule has 0 N–H and O–H groups in total. The predicted octanol–water partition coefficient (Wildman–Crippen LogP) is 6.45. The molecule has 0 aromatic heterocycles. The number of carbonyl (C=O) groups is 1. The lowest BCUT2D eigenvalue weighted by atomic mass is 10.1. The lowest BCUT2D eigenvalue weighted by Gasteiger charge is -2.29. The smallest absolute Gasteiger partial charge is 0.462 e. The number of rotatable bonds is 21. The van der Waals surface area contributed by atoms with Crippen LogP contribution in [0.25, 0.3) is 0 Å². The van der Waals surface area contributed by atoms with E-state index in [1.54, 1.807) is 6.92 Å². The average molecular weight is 431 g/mol. The normalized spacial score (nSPS) is 11.6. The van der Waals surface area contributed by atoms with Crippen LogP contribution in [0.15, 0.2) is 12.2 Å². The molecule has 0 bridgehead atoms. The summed E-state index contributed by atoms with van der Waals surface area (Å²) in [5, 5.41) is 0. The summed E-state index contributed by atoms with van der Waals surface area (Å²) in [6, 6.07) is 0.932. The zero-order valence-electron chi connectivity index (χ0n) is 19.6. The summed E-state index contributed by atoms with van der Waals surface area (Å²) in [5.41, 5.74) is 0.470. The van der Waals surface area contributed by atoms with Crippen LogP contribution in [0.3, 0.4) is 0 Å². The minimum atomic E-state index is -2.51. The topological polar surface area (TPSA) is 54.0 Å². The van der Waals surface area contributed by atoms with Crippen molar-refractivity contribution >= 4 is 14.8 Å². The maximum absolute atomic E-state index is 11.3. The lowest BCUT2D eigenvalue weighted by molar-refractivity contribution is -0.139. The molecule has 29 heavy (non-hydrogen) atoms. The van der Waals surface area contributed by atoms with Crippen LogP contribution in [-0.4, -0.2) is 41.2 Å². The van der Waals surface area contributed by atoms with E-state index in [9.17, 15) is 4.79 Å². The van der Waals surface area contributed by atoms with Gasteiger partial charge in [0.2, 0.25) is 0 Å². The molecule has 0 aromatic rings. The highest BCUT2D eigenvalue weighted by Crippen LogP contribution is 2.22. The van der Waals surface area contributed by atoms with Gasteiger partial charge in [0, 0.05) is 31.4 Å². The van der Waals surface area contributed by atoms with Gasteiger partial charge in [0.1, 0.15) is 0 Å². The largest absolute Gasteiger partial charge is 0.500 e. The molecule has 5 nitrogen and oxygen atoms in total.